The number of para-hydroxylation sites is 1. The molecule has 94 valence electrons. The Morgan fingerprint density at radius 2 is 2.17 bits per heavy atom. The molecule has 3 N–H and O–H groups in total. The third kappa shape index (κ3) is 2.88. The summed E-state index contributed by atoms with van der Waals surface area (Å²) < 4.78 is 14.2. The van der Waals surface area contributed by atoms with Crippen LogP contribution >= 0.6 is 27.3 Å². The molecule has 2 rings (SSSR count). The molecule has 1 aromatic carbocycles. The van der Waals surface area contributed by atoms with Crippen LogP contribution in [-0.4, -0.2) is 5.91 Å². The Hall–Kier alpha value is -1.40. The predicted molar refractivity (Wildman–Crippen MR) is 74.0 cm³/mol. The highest BCUT2D eigenvalue weighted by atomic mass is 79.9. The van der Waals surface area contributed by atoms with Gasteiger partial charge in [0.15, 0.2) is 0 Å². The largest absolute Gasteiger partial charge is 0.396 e. The molecule has 6 heteroatoms. The molecule has 0 aliphatic rings. The summed E-state index contributed by atoms with van der Waals surface area (Å²) in [6.45, 7) is 0.394. The van der Waals surface area contributed by atoms with E-state index in [0.29, 0.717) is 6.54 Å². The molecule has 1 aromatic heterocycles. The van der Waals surface area contributed by atoms with Crippen molar-refractivity contribution in [1.29, 1.82) is 0 Å². The molecule has 18 heavy (non-hydrogen) atoms. The molecule has 1 amide bonds. The van der Waals surface area contributed by atoms with Crippen LogP contribution in [0.5, 0.6) is 0 Å². The topological polar surface area (TPSA) is 55.1 Å². The number of carbonyl (C=O) groups excluding carboxylic acids is 1. The second-order valence-electron chi connectivity index (χ2n) is 3.59. The van der Waals surface area contributed by atoms with Crippen molar-refractivity contribution in [1.82, 2.24) is 5.32 Å². The lowest BCUT2D eigenvalue weighted by atomic mass is 10.1. The Balaban J connectivity index is 2.06. The number of nitrogen functional groups attached to an aromatic ring is 1. The highest BCUT2D eigenvalue weighted by Crippen LogP contribution is 2.22. The van der Waals surface area contributed by atoms with Gasteiger partial charge in [-0.1, -0.05) is 6.07 Å². The number of rotatable bonds is 3. The number of benzene rings is 1. The first-order valence-electron chi connectivity index (χ1n) is 5.14. The number of hydrogen-bond acceptors (Lipinski definition) is 3. The lowest BCUT2D eigenvalue weighted by Gasteiger charge is -2.06. The van der Waals surface area contributed by atoms with Gasteiger partial charge in [0.2, 0.25) is 0 Å². The standard InChI is InChI=1S/C12H10BrFN2OS/c13-10-5-4-7(18-10)6-16-12(17)8-2-1-3-9(14)11(8)15/h1-5H,6,15H2,(H,16,17). The number of halogens is 2. The van der Waals surface area contributed by atoms with Crippen LogP contribution in [0.1, 0.15) is 15.2 Å². The van der Waals surface area contributed by atoms with E-state index in [4.69, 9.17) is 5.73 Å². The first-order valence-corrected chi connectivity index (χ1v) is 6.75. The Bertz CT molecular complexity index is 585. The van der Waals surface area contributed by atoms with Crippen LogP contribution in [0.2, 0.25) is 0 Å². The van der Waals surface area contributed by atoms with E-state index in [2.05, 4.69) is 21.2 Å². The van der Waals surface area contributed by atoms with E-state index in [9.17, 15) is 9.18 Å². The number of carbonyl (C=O) groups is 1. The second-order valence-corrected chi connectivity index (χ2v) is 6.14. The molecule has 0 atom stereocenters. The Kier molecular flexibility index (Phi) is 3.98. The van der Waals surface area contributed by atoms with Gasteiger partial charge in [0, 0.05) is 4.88 Å². The smallest absolute Gasteiger partial charge is 0.253 e. The fourth-order valence-electron chi connectivity index (χ4n) is 1.44. The van der Waals surface area contributed by atoms with Crippen LogP contribution in [0.4, 0.5) is 10.1 Å². The molecule has 0 aliphatic carbocycles. The Morgan fingerprint density at radius 3 is 2.83 bits per heavy atom. The molecule has 0 fully saturated rings. The van der Waals surface area contributed by atoms with E-state index in [1.54, 1.807) is 0 Å². The van der Waals surface area contributed by atoms with Crippen molar-refractivity contribution in [3.63, 3.8) is 0 Å². The summed E-state index contributed by atoms with van der Waals surface area (Å²) >= 11 is 4.87. The second kappa shape index (κ2) is 5.49. The van der Waals surface area contributed by atoms with Crippen molar-refractivity contribution in [2.45, 2.75) is 6.54 Å². The van der Waals surface area contributed by atoms with Crippen molar-refractivity contribution in [2.24, 2.45) is 0 Å². The average Bonchev–Trinajstić information content (AvgIpc) is 2.76. The summed E-state index contributed by atoms with van der Waals surface area (Å²) in [5, 5.41) is 2.70. The summed E-state index contributed by atoms with van der Waals surface area (Å²) in [6.07, 6.45) is 0. The molecule has 0 radical (unpaired) electrons. The molecule has 0 spiro atoms. The van der Waals surface area contributed by atoms with Gasteiger partial charge in [0.25, 0.3) is 5.91 Å². The van der Waals surface area contributed by atoms with Gasteiger partial charge in [-0.15, -0.1) is 11.3 Å². The lowest BCUT2D eigenvalue weighted by Crippen LogP contribution is -2.23. The Morgan fingerprint density at radius 1 is 1.39 bits per heavy atom. The van der Waals surface area contributed by atoms with Crippen LogP contribution < -0.4 is 11.1 Å². The van der Waals surface area contributed by atoms with Crippen molar-refractivity contribution in [3.05, 3.63) is 50.4 Å². The Labute approximate surface area is 116 Å². The summed E-state index contributed by atoms with van der Waals surface area (Å²) in [7, 11) is 0. The first-order chi connectivity index (χ1) is 8.58. The van der Waals surface area contributed by atoms with Crippen LogP contribution in [-0.2, 0) is 6.54 Å². The minimum Gasteiger partial charge on any atom is -0.396 e. The van der Waals surface area contributed by atoms with E-state index in [1.807, 2.05) is 12.1 Å². The van der Waals surface area contributed by atoms with Gasteiger partial charge in [-0.2, -0.15) is 0 Å². The molecule has 1 heterocycles. The summed E-state index contributed by atoms with van der Waals surface area (Å²) in [6, 6.07) is 8.00. The number of anilines is 1. The van der Waals surface area contributed by atoms with Gasteiger partial charge in [-0.25, -0.2) is 4.39 Å². The fourth-order valence-corrected chi connectivity index (χ4v) is 2.87. The van der Waals surface area contributed by atoms with Gasteiger partial charge >= 0.3 is 0 Å². The SMILES string of the molecule is Nc1c(F)cccc1C(=O)NCc1ccc(Br)s1. The maximum atomic E-state index is 13.2. The van der Waals surface area contributed by atoms with E-state index < -0.39 is 5.82 Å². The summed E-state index contributed by atoms with van der Waals surface area (Å²) in [5.41, 5.74) is 5.55. The minimum atomic E-state index is -0.582. The molecule has 0 saturated heterocycles. The van der Waals surface area contributed by atoms with Gasteiger partial charge in [0.05, 0.1) is 21.6 Å². The molecule has 3 nitrogen and oxygen atoms in total. The van der Waals surface area contributed by atoms with Crippen molar-refractivity contribution in [3.8, 4) is 0 Å². The molecule has 0 saturated carbocycles. The van der Waals surface area contributed by atoms with Gasteiger partial charge < -0.3 is 11.1 Å². The quantitative estimate of drug-likeness (QED) is 0.850. The van der Waals surface area contributed by atoms with E-state index in [0.717, 1.165) is 8.66 Å². The van der Waals surface area contributed by atoms with Crippen LogP contribution in [0.15, 0.2) is 34.1 Å². The molecular weight excluding hydrogens is 319 g/mol. The third-order valence-corrected chi connectivity index (χ3v) is 3.97. The van der Waals surface area contributed by atoms with Gasteiger partial charge in [0.1, 0.15) is 5.82 Å². The highest BCUT2D eigenvalue weighted by molar-refractivity contribution is 9.11. The monoisotopic (exact) mass is 328 g/mol. The van der Waals surface area contributed by atoms with Crippen molar-refractivity contribution >= 4 is 38.9 Å². The molecule has 0 aliphatic heterocycles. The van der Waals surface area contributed by atoms with E-state index in [1.165, 1.54) is 29.5 Å². The normalized spacial score (nSPS) is 10.3. The number of nitrogens with one attached hydrogen (secondary N) is 1. The summed E-state index contributed by atoms with van der Waals surface area (Å²) in [5.74, 6) is -0.960. The molecule has 0 bridgehead atoms. The molecule has 0 unspecified atom stereocenters. The van der Waals surface area contributed by atoms with Gasteiger partial charge in [-0.05, 0) is 40.2 Å². The van der Waals surface area contributed by atoms with Crippen LogP contribution in [0.25, 0.3) is 0 Å². The van der Waals surface area contributed by atoms with Gasteiger partial charge in [-0.3, -0.25) is 4.79 Å². The number of hydrogen-bond donors (Lipinski definition) is 2. The minimum absolute atomic E-state index is 0.123. The zero-order valence-electron chi connectivity index (χ0n) is 9.24. The summed E-state index contributed by atoms with van der Waals surface area (Å²) in [4.78, 5) is 12.8. The number of amides is 1. The predicted octanol–water partition coefficient (Wildman–Crippen LogP) is 3.16. The highest BCUT2D eigenvalue weighted by Gasteiger charge is 2.12. The van der Waals surface area contributed by atoms with Crippen molar-refractivity contribution in [2.75, 3.05) is 5.73 Å². The first kappa shape index (κ1) is 13.0. The zero-order valence-corrected chi connectivity index (χ0v) is 11.6. The average molecular weight is 329 g/mol. The van der Waals surface area contributed by atoms with E-state index >= 15 is 0 Å². The van der Waals surface area contributed by atoms with Crippen molar-refractivity contribution < 1.29 is 9.18 Å². The molecular formula is C12H10BrFN2OS. The third-order valence-electron chi connectivity index (χ3n) is 2.35. The number of nitrogens with two attached hydrogens (primary N) is 1. The van der Waals surface area contributed by atoms with Crippen LogP contribution in [0.3, 0.4) is 0 Å². The van der Waals surface area contributed by atoms with Crippen LogP contribution in [0, 0.1) is 5.82 Å². The molecule has 2 aromatic rings. The zero-order chi connectivity index (χ0) is 13.1. The lowest BCUT2D eigenvalue weighted by molar-refractivity contribution is 0.0952. The number of thiophene rings is 1. The van der Waals surface area contributed by atoms with E-state index in [-0.39, 0.29) is 17.2 Å². The maximum absolute atomic E-state index is 13.2. The fraction of sp³-hybridized carbons (Fsp3) is 0.0833. The maximum Gasteiger partial charge on any atom is 0.253 e.